The van der Waals surface area contributed by atoms with E-state index >= 15 is 0 Å². The number of benzene rings is 1. The van der Waals surface area contributed by atoms with Gasteiger partial charge in [0, 0.05) is 11.6 Å². The van der Waals surface area contributed by atoms with Crippen molar-refractivity contribution in [1.82, 2.24) is 0 Å². The normalized spacial score (nSPS) is 11.1. The Bertz CT molecular complexity index is 581. The molecule has 0 bridgehead atoms. The first kappa shape index (κ1) is 31.5. The van der Waals surface area contributed by atoms with Gasteiger partial charge in [0.05, 0.1) is 13.2 Å². The van der Waals surface area contributed by atoms with Crippen LogP contribution in [0.15, 0.2) is 18.2 Å². The minimum atomic E-state index is 0.0539. The summed E-state index contributed by atoms with van der Waals surface area (Å²) in [4.78, 5) is 12.0. The highest BCUT2D eigenvalue weighted by molar-refractivity contribution is 5.94. The monoisotopic (exact) mass is 488 g/mol. The summed E-state index contributed by atoms with van der Waals surface area (Å²) in [6.45, 7) is 7.55. The van der Waals surface area contributed by atoms with E-state index in [0.717, 1.165) is 24.3 Å². The molecule has 0 spiro atoms. The van der Waals surface area contributed by atoms with E-state index in [2.05, 4.69) is 13.8 Å². The Kier molecular flexibility index (Phi) is 20.6. The van der Waals surface area contributed by atoms with Gasteiger partial charge in [-0.25, -0.2) is 0 Å². The van der Waals surface area contributed by atoms with Crippen LogP contribution in [-0.2, 0) is 0 Å². The van der Waals surface area contributed by atoms with Crippen molar-refractivity contribution in [2.24, 2.45) is 0 Å². The topological polar surface area (TPSA) is 35.5 Å². The molecular formula is C32H56O3. The van der Waals surface area contributed by atoms with Crippen molar-refractivity contribution < 1.29 is 14.3 Å². The summed E-state index contributed by atoms with van der Waals surface area (Å²) in [6.07, 6.45) is 26.3. The molecule has 0 radical (unpaired) electrons. The molecule has 0 heterocycles. The van der Waals surface area contributed by atoms with Crippen molar-refractivity contribution in [2.75, 3.05) is 13.2 Å². The number of rotatable bonds is 25. The van der Waals surface area contributed by atoms with Crippen LogP contribution in [0.5, 0.6) is 11.5 Å². The van der Waals surface area contributed by atoms with Crippen LogP contribution >= 0.6 is 0 Å². The molecular weight excluding hydrogens is 432 g/mol. The minimum Gasteiger partial charge on any atom is -0.493 e. The quantitative estimate of drug-likeness (QED) is 0.101. The van der Waals surface area contributed by atoms with Crippen LogP contribution in [0.1, 0.15) is 160 Å². The van der Waals surface area contributed by atoms with Crippen molar-refractivity contribution in [3.8, 4) is 11.5 Å². The Morgan fingerprint density at radius 3 is 1.14 bits per heavy atom. The summed E-state index contributed by atoms with van der Waals surface area (Å²) in [7, 11) is 0. The number of unbranched alkanes of at least 4 members (excludes halogenated alkanes) is 18. The summed E-state index contributed by atoms with van der Waals surface area (Å²) >= 11 is 0. The molecule has 0 saturated carbocycles. The smallest absolute Gasteiger partial charge is 0.160 e. The third kappa shape index (κ3) is 18.4. The molecule has 0 fully saturated rings. The second-order valence-corrected chi connectivity index (χ2v) is 10.3. The fourth-order valence-corrected chi connectivity index (χ4v) is 4.50. The van der Waals surface area contributed by atoms with Gasteiger partial charge < -0.3 is 9.47 Å². The first-order valence-corrected chi connectivity index (χ1v) is 15.1. The first-order valence-electron chi connectivity index (χ1n) is 15.1. The van der Waals surface area contributed by atoms with E-state index in [0.29, 0.717) is 18.8 Å². The fraction of sp³-hybridized carbons (Fsp3) is 0.781. The zero-order chi connectivity index (χ0) is 25.4. The van der Waals surface area contributed by atoms with Gasteiger partial charge in [0.15, 0.2) is 5.78 Å². The molecule has 3 nitrogen and oxygen atoms in total. The van der Waals surface area contributed by atoms with Gasteiger partial charge in [-0.2, -0.15) is 0 Å². The van der Waals surface area contributed by atoms with Crippen LogP contribution in [0.25, 0.3) is 0 Å². The third-order valence-corrected chi connectivity index (χ3v) is 6.82. The molecule has 0 atom stereocenters. The maximum Gasteiger partial charge on any atom is 0.160 e. The maximum absolute atomic E-state index is 12.0. The number of hydrogen-bond donors (Lipinski definition) is 0. The Morgan fingerprint density at radius 1 is 0.514 bits per heavy atom. The van der Waals surface area contributed by atoms with Gasteiger partial charge in [0.25, 0.3) is 0 Å². The summed E-state index contributed by atoms with van der Waals surface area (Å²) in [6, 6.07) is 5.65. The van der Waals surface area contributed by atoms with Gasteiger partial charge in [0.1, 0.15) is 11.5 Å². The molecule has 0 N–H and O–H groups in total. The number of hydrogen-bond acceptors (Lipinski definition) is 3. The van der Waals surface area contributed by atoms with Crippen molar-refractivity contribution in [3.63, 3.8) is 0 Å². The summed E-state index contributed by atoms with van der Waals surface area (Å²) in [5, 5.41) is 0. The molecule has 1 aromatic rings. The standard InChI is InChI=1S/C32H56O3/c1-4-6-8-10-12-14-16-18-20-22-24-34-31-26-30(29(3)33)27-32(28-31)35-25-23-21-19-17-15-13-11-9-7-5-2/h26-28H,4-25H2,1-3H3. The second-order valence-electron chi connectivity index (χ2n) is 10.3. The molecule has 0 aliphatic rings. The molecule has 1 rings (SSSR count). The second kappa shape index (κ2) is 22.9. The largest absolute Gasteiger partial charge is 0.493 e. The predicted octanol–water partition coefficient (Wildman–Crippen LogP) is 10.5. The van der Waals surface area contributed by atoms with Gasteiger partial charge in [0.2, 0.25) is 0 Å². The van der Waals surface area contributed by atoms with E-state index in [9.17, 15) is 4.79 Å². The third-order valence-electron chi connectivity index (χ3n) is 6.82. The molecule has 0 unspecified atom stereocenters. The average molecular weight is 489 g/mol. The molecule has 3 heteroatoms. The Hall–Kier alpha value is -1.51. The molecule has 0 aliphatic heterocycles. The zero-order valence-corrected chi connectivity index (χ0v) is 23.5. The predicted molar refractivity (Wildman–Crippen MR) is 151 cm³/mol. The van der Waals surface area contributed by atoms with Crippen LogP contribution < -0.4 is 9.47 Å². The highest BCUT2D eigenvalue weighted by Gasteiger charge is 2.07. The number of ether oxygens (including phenoxy) is 2. The SMILES string of the molecule is CCCCCCCCCCCCOc1cc(OCCCCCCCCCCCC)cc(C(C)=O)c1. The average Bonchev–Trinajstić information content (AvgIpc) is 2.85. The van der Waals surface area contributed by atoms with Gasteiger partial charge in [-0.3, -0.25) is 4.79 Å². The summed E-state index contributed by atoms with van der Waals surface area (Å²) in [5.41, 5.74) is 0.670. The van der Waals surface area contributed by atoms with Crippen LogP contribution in [0, 0.1) is 0 Å². The van der Waals surface area contributed by atoms with E-state index in [-0.39, 0.29) is 5.78 Å². The molecule has 0 aromatic heterocycles. The fourth-order valence-electron chi connectivity index (χ4n) is 4.50. The number of carbonyl (C=O) groups excluding carboxylic acids is 1. The van der Waals surface area contributed by atoms with E-state index in [1.807, 2.05) is 18.2 Å². The van der Waals surface area contributed by atoms with E-state index in [4.69, 9.17) is 9.47 Å². The minimum absolute atomic E-state index is 0.0539. The van der Waals surface area contributed by atoms with Crippen molar-refractivity contribution in [2.45, 2.75) is 149 Å². The van der Waals surface area contributed by atoms with Gasteiger partial charge in [-0.15, -0.1) is 0 Å². The van der Waals surface area contributed by atoms with E-state index < -0.39 is 0 Å². The van der Waals surface area contributed by atoms with Gasteiger partial charge in [-0.1, -0.05) is 129 Å². The van der Waals surface area contributed by atoms with Crippen molar-refractivity contribution in [1.29, 1.82) is 0 Å². The lowest BCUT2D eigenvalue weighted by atomic mass is 10.1. The molecule has 202 valence electrons. The molecule has 35 heavy (non-hydrogen) atoms. The van der Waals surface area contributed by atoms with Crippen molar-refractivity contribution in [3.05, 3.63) is 23.8 Å². The summed E-state index contributed by atoms with van der Waals surface area (Å²) < 4.78 is 12.0. The van der Waals surface area contributed by atoms with Crippen LogP contribution in [0.3, 0.4) is 0 Å². The molecule has 0 amide bonds. The first-order chi connectivity index (χ1) is 17.2. The van der Waals surface area contributed by atoms with Gasteiger partial charge in [-0.05, 0) is 31.9 Å². The number of carbonyl (C=O) groups is 1. The van der Waals surface area contributed by atoms with E-state index in [1.165, 1.54) is 116 Å². The number of ketones is 1. The molecule has 0 saturated heterocycles. The highest BCUT2D eigenvalue weighted by atomic mass is 16.5. The maximum atomic E-state index is 12.0. The zero-order valence-electron chi connectivity index (χ0n) is 23.5. The van der Waals surface area contributed by atoms with Crippen molar-refractivity contribution >= 4 is 5.78 Å². The van der Waals surface area contributed by atoms with Crippen LogP contribution in [0.2, 0.25) is 0 Å². The van der Waals surface area contributed by atoms with Crippen LogP contribution in [0.4, 0.5) is 0 Å². The highest BCUT2D eigenvalue weighted by Crippen LogP contribution is 2.24. The Morgan fingerprint density at radius 2 is 0.829 bits per heavy atom. The lowest BCUT2D eigenvalue weighted by molar-refractivity contribution is 0.101. The van der Waals surface area contributed by atoms with Gasteiger partial charge >= 0.3 is 0 Å². The van der Waals surface area contributed by atoms with Crippen LogP contribution in [-0.4, -0.2) is 19.0 Å². The lowest BCUT2D eigenvalue weighted by Gasteiger charge is -2.12. The number of Topliss-reactive ketones (excluding diaryl/α,β-unsaturated/α-hetero) is 1. The Labute approximate surface area is 217 Å². The Balaban J connectivity index is 2.18. The summed E-state index contributed by atoms with van der Waals surface area (Å²) in [5.74, 6) is 1.57. The van der Waals surface area contributed by atoms with E-state index in [1.54, 1.807) is 6.92 Å². The lowest BCUT2D eigenvalue weighted by Crippen LogP contribution is -2.02. The molecule has 0 aliphatic carbocycles. The molecule has 1 aromatic carbocycles.